The maximum Gasteiger partial charge on any atom is 0.229 e. The normalized spacial score (nSPS) is 17.2. The number of carbonyl (C=O) groups is 2. The lowest BCUT2D eigenvalue weighted by molar-refractivity contribution is -0.122. The predicted octanol–water partition coefficient (Wildman–Crippen LogP) is 3.94. The van der Waals surface area contributed by atoms with Gasteiger partial charge >= 0.3 is 0 Å². The minimum atomic E-state index is -0.489. The van der Waals surface area contributed by atoms with Crippen molar-refractivity contribution >= 4 is 23.2 Å². The first-order valence-corrected chi connectivity index (χ1v) is 8.41. The molecular formula is C20H21FN2O2. The SMILES string of the molecule is CC(C)c1ccc(N2CC(C(=O)Nc3ccccc3F)CC2=O)cc1. The molecule has 0 saturated carbocycles. The van der Waals surface area contributed by atoms with Gasteiger partial charge in [-0.05, 0) is 35.7 Å². The summed E-state index contributed by atoms with van der Waals surface area (Å²) in [6.45, 7) is 4.53. The summed E-state index contributed by atoms with van der Waals surface area (Å²) in [5.74, 6) is -0.980. The van der Waals surface area contributed by atoms with Crippen molar-refractivity contribution in [1.29, 1.82) is 0 Å². The number of hydrogen-bond acceptors (Lipinski definition) is 2. The van der Waals surface area contributed by atoms with Gasteiger partial charge in [0.2, 0.25) is 11.8 Å². The number of carbonyl (C=O) groups excluding carboxylic acids is 2. The molecule has 0 aliphatic carbocycles. The Hall–Kier alpha value is -2.69. The Balaban J connectivity index is 1.69. The lowest BCUT2D eigenvalue weighted by atomic mass is 10.0. The van der Waals surface area contributed by atoms with Crippen molar-refractivity contribution in [3.05, 3.63) is 59.9 Å². The molecule has 0 bridgehead atoms. The molecule has 130 valence electrons. The zero-order chi connectivity index (χ0) is 18.0. The van der Waals surface area contributed by atoms with Crippen molar-refractivity contribution in [2.24, 2.45) is 5.92 Å². The van der Waals surface area contributed by atoms with E-state index in [1.807, 2.05) is 24.3 Å². The summed E-state index contributed by atoms with van der Waals surface area (Å²) in [6.07, 6.45) is 0.131. The van der Waals surface area contributed by atoms with E-state index in [2.05, 4.69) is 19.2 Å². The highest BCUT2D eigenvalue weighted by molar-refractivity contribution is 6.03. The van der Waals surface area contributed by atoms with Crippen LogP contribution in [0.1, 0.15) is 31.7 Å². The number of nitrogens with zero attached hydrogens (tertiary/aromatic N) is 1. The molecule has 0 spiro atoms. The van der Waals surface area contributed by atoms with E-state index in [0.717, 1.165) is 5.69 Å². The van der Waals surface area contributed by atoms with E-state index < -0.39 is 11.7 Å². The topological polar surface area (TPSA) is 49.4 Å². The van der Waals surface area contributed by atoms with Gasteiger partial charge in [-0.3, -0.25) is 9.59 Å². The fourth-order valence-corrected chi connectivity index (χ4v) is 2.97. The van der Waals surface area contributed by atoms with Gasteiger partial charge in [-0.2, -0.15) is 0 Å². The van der Waals surface area contributed by atoms with Crippen LogP contribution < -0.4 is 10.2 Å². The first kappa shape index (κ1) is 17.1. The Bertz CT molecular complexity index is 787. The largest absolute Gasteiger partial charge is 0.323 e. The Morgan fingerprint density at radius 2 is 1.84 bits per heavy atom. The molecule has 1 saturated heterocycles. The van der Waals surface area contributed by atoms with Crippen LogP contribution in [0.15, 0.2) is 48.5 Å². The summed E-state index contributed by atoms with van der Waals surface area (Å²) in [4.78, 5) is 26.3. The third kappa shape index (κ3) is 3.71. The fraction of sp³-hybridized carbons (Fsp3) is 0.300. The van der Waals surface area contributed by atoms with Gasteiger partial charge in [-0.25, -0.2) is 4.39 Å². The van der Waals surface area contributed by atoms with Gasteiger partial charge in [0.25, 0.3) is 0 Å². The maximum atomic E-state index is 13.7. The number of amides is 2. The zero-order valence-electron chi connectivity index (χ0n) is 14.3. The van der Waals surface area contributed by atoms with Gasteiger partial charge in [0.05, 0.1) is 11.6 Å². The molecule has 1 unspecified atom stereocenters. The average molecular weight is 340 g/mol. The molecule has 1 atom stereocenters. The van der Waals surface area contributed by atoms with E-state index in [-0.39, 0.29) is 23.9 Å². The molecule has 1 N–H and O–H groups in total. The number of nitrogens with one attached hydrogen (secondary N) is 1. The van der Waals surface area contributed by atoms with Gasteiger partial charge in [0.1, 0.15) is 5.82 Å². The first-order valence-electron chi connectivity index (χ1n) is 8.41. The van der Waals surface area contributed by atoms with E-state index in [1.165, 1.54) is 17.7 Å². The minimum Gasteiger partial charge on any atom is -0.323 e. The van der Waals surface area contributed by atoms with E-state index in [0.29, 0.717) is 12.5 Å². The molecule has 2 aromatic carbocycles. The zero-order valence-corrected chi connectivity index (χ0v) is 14.3. The van der Waals surface area contributed by atoms with Crippen molar-refractivity contribution in [2.45, 2.75) is 26.2 Å². The summed E-state index contributed by atoms with van der Waals surface area (Å²) in [5, 5.41) is 2.58. The van der Waals surface area contributed by atoms with Gasteiger partial charge in [0, 0.05) is 18.7 Å². The van der Waals surface area contributed by atoms with Crippen molar-refractivity contribution < 1.29 is 14.0 Å². The van der Waals surface area contributed by atoms with E-state index in [9.17, 15) is 14.0 Å². The maximum absolute atomic E-state index is 13.7. The monoisotopic (exact) mass is 340 g/mol. The second-order valence-corrected chi connectivity index (χ2v) is 6.62. The van der Waals surface area contributed by atoms with Gasteiger partial charge < -0.3 is 10.2 Å². The van der Waals surface area contributed by atoms with Crippen molar-refractivity contribution in [3.8, 4) is 0 Å². The molecule has 2 aromatic rings. The molecule has 1 aliphatic rings. The molecule has 0 radical (unpaired) electrons. The van der Waals surface area contributed by atoms with Crippen LogP contribution in [-0.2, 0) is 9.59 Å². The van der Waals surface area contributed by atoms with Crippen molar-refractivity contribution in [3.63, 3.8) is 0 Å². The summed E-state index contributed by atoms with van der Waals surface area (Å²) in [7, 11) is 0. The third-order valence-corrected chi connectivity index (χ3v) is 4.50. The minimum absolute atomic E-state index is 0.0917. The van der Waals surface area contributed by atoms with Crippen LogP contribution in [-0.4, -0.2) is 18.4 Å². The number of halogens is 1. The van der Waals surface area contributed by atoms with E-state index >= 15 is 0 Å². The number of hydrogen-bond donors (Lipinski definition) is 1. The van der Waals surface area contributed by atoms with Crippen molar-refractivity contribution in [1.82, 2.24) is 0 Å². The summed E-state index contributed by atoms with van der Waals surface area (Å²) >= 11 is 0. The van der Waals surface area contributed by atoms with E-state index in [4.69, 9.17) is 0 Å². The average Bonchev–Trinajstić information content (AvgIpc) is 2.99. The Morgan fingerprint density at radius 3 is 2.48 bits per heavy atom. The summed E-state index contributed by atoms with van der Waals surface area (Å²) in [6, 6.07) is 13.8. The molecule has 1 heterocycles. The summed E-state index contributed by atoms with van der Waals surface area (Å²) < 4.78 is 13.7. The van der Waals surface area contributed by atoms with Crippen LogP contribution in [0.3, 0.4) is 0 Å². The lowest BCUT2D eigenvalue weighted by Gasteiger charge is -2.18. The predicted molar refractivity (Wildman–Crippen MR) is 96.0 cm³/mol. The van der Waals surface area contributed by atoms with E-state index in [1.54, 1.807) is 17.0 Å². The van der Waals surface area contributed by atoms with Crippen LogP contribution in [0.2, 0.25) is 0 Å². The number of para-hydroxylation sites is 1. The Kier molecular flexibility index (Phi) is 4.83. The standard InChI is InChI=1S/C20H21FN2O2/c1-13(2)14-7-9-16(10-8-14)23-12-15(11-19(23)24)20(25)22-18-6-4-3-5-17(18)21/h3-10,13,15H,11-12H2,1-2H3,(H,22,25). The first-order chi connectivity index (χ1) is 12.0. The fourth-order valence-electron chi connectivity index (χ4n) is 2.97. The number of benzene rings is 2. The number of rotatable bonds is 4. The molecule has 1 fully saturated rings. The van der Waals surface area contributed by atoms with Crippen LogP contribution in [0.5, 0.6) is 0 Å². The van der Waals surface area contributed by atoms with Crippen LogP contribution in [0.25, 0.3) is 0 Å². The molecule has 3 rings (SSSR count). The van der Waals surface area contributed by atoms with Gasteiger partial charge in [-0.1, -0.05) is 38.1 Å². The molecular weight excluding hydrogens is 319 g/mol. The highest BCUT2D eigenvalue weighted by atomic mass is 19.1. The quantitative estimate of drug-likeness (QED) is 0.916. The Labute approximate surface area is 146 Å². The highest BCUT2D eigenvalue weighted by Crippen LogP contribution is 2.27. The molecule has 25 heavy (non-hydrogen) atoms. The summed E-state index contributed by atoms with van der Waals surface area (Å²) in [5.41, 5.74) is 2.12. The number of anilines is 2. The molecule has 0 aromatic heterocycles. The second-order valence-electron chi connectivity index (χ2n) is 6.62. The molecule has 4 nitrogen and oxygen atoms in total. The van der Waals surface area contributed by atoms with Gasteiger partial charge in [0.15, 0.2) is 0 Å². The smallest absolute Gasteiger partial charge is 0.229 e. The second kappa shape index (κ2) is 7.05. The molecule has 2 amide bonds. The Morgan fingerprint density at radius 1 is 1.16 bits per heavy atom. The van der Waals surface area contributed by atoms with Crippen molar-refractivity contribution in [2.75, 3.05) is 16.8 Å². The highest BCUT2D eigenvalue weighted by Gasteiger charge is 2.35. The molecule has 5 heteroatoms. The van der Waals surface area contributed by atoms with Crippen LogP contribution in [0, 0.1) is 11.7 Å². The van der Waals surface area contributed by atoms with Gasteiger partial charge in [-0.15, -0.1) is 0 Å². The lowest BCUT2D eigenvalue weighted by Crippen LogP contribution is -2.28. The third-order valence-electron chi connectivity index (χ3n) is 4.50. The van der Waals surface area contributed by atoms with Crippen LogP contribution in [0.4, 0.5) is 15.8 Å². The van der Waals surface area contributed by atoms with Crippen LogP contribution >= 0.6 is 0 Å². The molecule has 1 aliphatic heterocycles.